The van der Waals surface area contributed by atoms with E-state index in [1.165, 1.54) is 19.3 Å². The first-order valence-electron chi connectivity index (χ1n) is 4.52. The second kappa shape index (κ2) is 1.47. The Morgan fingerprint density at radius 2 is 1.73 bits per heavy atom. The summed E-state index contributed by atoms with van der Waals surface area (Å²) in [5, 5.41) is 3.15. The minimum atomic E-state index is 0.170. The van der Waals surface area contributed by atoms with Crippen molar-refractivity contribution in [3.63, 3.8) is 0 Å². The van der Waals surface area contributed by atoms with Crippen LogP contribution in [-0.4, -0.2) is 11.4 Å². The summed E-state index contributed by atoms with van der Waals surface area (Å²) in [5.41, 5.74) is 0.339. The molecule has 2 nitrogen and oxygen atoms in total. The van der Waals surface area contributed by atoms with Gasteiger partial charge in [0.2, 0.25) is 5.91 Å². The highest BCUT2D eigenvalue weighted by atomic mass is 16.1. The molecule has 0 heterocycles. The Hall–Kier alpha value is -0.530. The molecule has 60 valence electrons. The molecule has 0 spiro atoms. The number of carbonyl (C=O) groups excluding carboxylic acids is 1. The summed E-state index contributed by atoms with van der Waals surface area (Å²) >= 11 is 0. The zero-order valence-corrected chi connectivity index (χ0v) is 6.76. The van der Waals surface area contributed by atoms with Gasteiger partial charge in [-0.2, -0.15) is 0 Å². The molecule has 3 saturated carbocycles. The van der Waals surface area contributed by atoms with E-state index in [1.54, 1.807) is 6.92 Å². The fraction of sp³-hybridized carbons (Fsp3) is 0.889. The van der Waals surface area contributed by atoms with Gasteiger partial charge in [0.1, 0.15) is 0 Å². The number of rotatable bonds is 1. The molecule has 3 fully saturated rings. The average molecular weight is 151 g/mol. The molecule has 2 heteroatoms. The molecule has 0 saturated heterocycles. The summed E-state index contributed by atoms with van der Waals surface area (Å²) in [6.45, 7) is 1.64. The molecule has 3 rings (SSSR count). The summed E-state index contributed by atoms with van der Waals surface area (Å²) in [6.07, 6.45) is 4.16. The number of hydrogen-bond acceptors (Lipinski definition) is 1. The molecule has 3 aliphatic carbocycles. The van der Waals surface area contributed by atoms with Crippen molar-refractivity contribution in [2.24, 2.45) is 17.8 Å². The second-order valence-corrected chi connectivity index (χ2v) is 4.41. The van der Waals surface area contributed by atoms with Crippen molar-refractivity contribution in [3.8, 4) is 0 Å². The van der Waals surface area contributed by atoms with E-state index < -0.39 is 0 Å². The Balaban J connectivity index is 1.82. The average Bonchev–Trinajstić information content (AvgIpc) is 2.03. The zero-order valence-electron chi connectivity index (χ0n) is 6.76. The van der Waals surface area contributed by atoms with Gasteiger partial charge in [-0.1, -0.05) is 0 Å². The number of amides is 1. The maximum Gasteiger partial charge on any atom is 0.217 e. The fourth-order valence-electron chi connectivity index (χ4n) is 3.62. The predicted octanol–water partition coefficient (Wildman–Crippen LogP) is 0.921. The van der Waals surface area contributed by atoms with Crippen molar-refractivity contribution >= 4 is 5.91 Å². The highest BCUT2D eigenvalue weighted by molar-refractivity contribution is 5.75. The first kappa shape index (κ1) is 6.04. The van der Waals surface area contributed by atoms with E-state index in [0.29, 0.717) is 5.54 Å². The third kappa shape index (κ3) is 0.445. The highest BCUT2D eigenvalue weighted by Gasteiger charge is 2.74. The lowest BCUT2D eigenvalue weighted by molar-refractivity contribution is -0.235. The van der Waals surface area contributed by atoms with Crippen molar-refractivity contribution in [2.45, 2.75) is 31.7 Å². The Kier molecular flexibility index (Phi) is 0.809. The van der Waals surface area contributed by atoms with Crippen molar-refractivity contribution in [1.82, 2.24) is 5.32 Å². The maximum atomic E-state index is 10.9. The van der Waals surface area contributed by atoms with Crippen LogP contribution in [0.15, 0.2) is 0 Å². The number of nitrogens with one attached hydrogen (secondary N) is 1. The molecule has 0 radical (unpaired) electrons. The molecule has 1 N–H and O–H groups in total. The molecular weight excluding hydrogens is 138 g/mol. The van der Waals surface area contributed by atoms with Gasteiger partial charge in [-0.3, -0.25) is 4.79 Å². The third-order valence-electron chi connectivity index (χ3n) is 4.13. The van der Waals surface area contributed by atoms with E-state index in [9.17, 15) is 4.79 Å². The highest BCUT2D eigenvalue weighted by Crippen LogP contribution is 2.72. The van der Waals surface area contributed by atoms with Crippen molar-refractivity contribution in [2.75, 3.05) is 0 Å². The quantitative estimate of drug-likeness (QED) is 0.593. The van der Waals surface area contributed by atoms with Crippen LogP contribution in [0.25, 0.3) is 0 Å². The van der Waals surface area contributed by atoms with Crippen LogP contribution in [0.3, 0.4) is 0 Å². The molecular formula is C9H13NO. The van der Waals surface area contributed by atoms with E-state index >= 15 is 0 Å². The Morgan fingerprint density at radius 1 is 1.27 bits per heavy atom. The smallest absolute Gasteiger partial charge is 0.217 e. The summed E-state index contributed by atoms with van der Waals surface area (Å²) in [7, 11) is 0. The summed E-state index contributed by atoms with van der Waals surface area (Å²) in [6, 6.07) is 0. The normalized spacial score (nSPS) is 56.3. The lowest BCUT2D eigenvalue weighted by Crippen LogP contribution is -2.83. The Bertz CT molecular complexity index is 203. The van der Waals surface area contributed by atoms with E-state index in [1.807, 2.05) is 0 Å². The van der Waals surface area contributed by atoms with Crippen molar-refractivity contribution in [3.05, 3.63) is 0 Å². The monoisotopic (exact) mass is 151 g/mol. The molecule has 0 unspecified atom stereocenters. The maximum absolute atomic E-state index is 10.9. The van der Waals surface area contributed by atoms with Crippen LogP contribution in [0.1, 0.15) is 26.2 Å². The molecule has 11 heavy (non-hydrogen) atoms. The molecule has 3 aliphatic rings. The molecule has 0 aromatic rings. The molecule has 0 atom stereocenters. The van der Waals surface area contributed by atoms with Crippen LogP contribution in [0.4, 0.5) is 0 Å². The SMILES string of the molecule is CC(=O)NC12C3CC1CC2C3. The van der Waals surface area contributed by atoms with Gasteiger partial charge in [-0.05, 0) is 37.0 Å². The molecule has 1 amide bonds. The fourth-order valence-corrected chi connectivity index (χ4v) is 3.62. The Labute approximate surface area is 66.4 Å². The van der Waals surface area contributed by atoms with Crippen LogP contribution in [-0.2, 0) is 4.79 Å². The largest absolute Gasteiger partial charge is 0.350 e. The topological polar surface area (TPSA) is 29.1 Å². The van der Waals surface area contributed by atoms with Crippen LogP contribution in [0.2, 0.25) is 0 Å². The van der Waals surface area contributed by atoms with E-state index in [4.69, 9.17) is 0 Å². The third-order valence-corrected chi connectivity index (χ3v) is 4.13. The second-order valence-electron chi connectivity index (χ2n) is 4.41. The van der Waals surface area contributed by atoms with Gasteiger partial charge >= 0.3 is 0 Å². The van der Waals surface area contributed by atoms with E-state index in [2.05, 4.69) is 5.32 Å². The van der Waals surface area contributed by atoms with E-state index in [0.717, 1.165) is 17.8 Å². The van der Waals surface area contributed by atoms with Crippen LogP contribution in [0.5, 0.6) is 0 Å². The molecule has 0 aliphatic heterocycles. The zero-order chi connectivity index (χ0) is 7.64. The summed E-state index contributed by atoms with van der Waals surface area (Å²) < 4.78 is 0. The lowest BCUT2D eigenvalue weighted by Gasteiger charge is -2.77. The first-order valence-corrected chi connectivity index (χ1v) is 4.52. The number of carbonyl (C=O) groups is 1. The van der Waals surface area contributed by atoms with Crippen molar-refractivity contribution in [1.29, 1.82) is 0 Å². The molecule has 0 aromatic heterocycles. The van der Waals surface area contributed by atoms with Gasteiger partial charge in [0.15, 0.2) is 0 Å². The molecule has 0 aromatic carbocycles. The lowest BCUT2D eigenvalue weighted by atomic mass is 9.31. The summed E-state index contributed by atoms with van der Waals surface area (Å²) in [5.74, 6) is 2.74. The van der Waals surface area contributed by atoms with Gasteiger partial charge in [0, 0.05) is 12.5 Å². The molecule has 0 bridgehead atoms. The van der Waals surface area contributed by atoms with Gasteiger partial charge in [0.25, 0.3) is 0 Å². The van der Waals surface area contributed by atoms with Gasteiger partial charge in [-0.25, -0.2) is 0 Å². The predicted molar refractivity (Wildman–Crippen MR) is 40.9 cm³/mol. The minimum absolute atomic E-state index is 0.170. The first-order chi connectivity index (χ1) is 5.23. The van der Waals surface area contributed by atoms with E-state index in [-0.39, 0.29) is 5.91 Å². The van der Waals surface area contributed by atoms with Gasteiger partial charge in [0.05, 0.1) is 0 Å². The van der Waals surface area contributed by atoms with Gasteiger partial charge in [-0.15, -0.1) is 0 Å². The Morgan fingerprint density at radius 3 is 1.91 bits per heavy atom. The summed E-state index contributed by atoms with van der Waals surface area (Å²) in [4.78, 5) is 10.9. The van der Waals surface area contributed by atoms with Gasteiger partial charge < -0.3 is 5.32 Å². The standard InChI is InChI=1S/C9H13NO/c1-5(11)10-9-6-2-7(9)4-8(9)3-6/h6-8H,2-4H2,1H3,(H,10,11). The van der Waals surface area contributed by atoms with Crippen LogP contribution in [0, 0.1) is 17.8 Å². The number of hydrogen-bond donors (Lipinski definition) is 1. The van der Waals surface area contributed by atoms with Crippen LogP contribution >= 0.6 is 0 Å². The van der Waals surface area contributed by atoms with Crippen molar-refractivity contribution < 1.29 is 4.79 Å². The van der Waals surface area contributed by atoms with Crippen LogP contribution < -0.4 is 5.32 Å². The minimum Gasteiger partial charge on any atom is -0.350 e.